The average Bonchev–Trinajstić information content (AvgIpc) is 3.07. The lowest BCUT2D eigenvalue weighted by Gasteiger charge is -2.11. The summed E-state index contributed by atoms with van der Waals surface area (Å²) in [5.74, 6) is 0.757. The standard InChI is InChI=1S/C22H18BrN3O2/c1-12-4-5-15(8-13(12)2)20-11-18(17-10-16(23)6-7-19(17)24-20)22(27)25-21-9-14(3)28-26-21/h4-11H,1-3H3,(H,25,26,27). The number of anilines is 1. The summed E-state index contributed by atoms with van der Waals surface area (Å²) >= 11 is 3.48. The Morgan fingerprint density at radius 3 is 2.54 bits per heavy atom. The van der Waals surface area contributed by atoms with E-state index in [1.165, 1.54) is 11.1 Å². The van der Waals surface area contributed by atoms with Gasteiger partial charge in [-0.05, 0) is 62.2 Å². The number of rotatable bonds is 3. The van der Waals surface area contributed by atoms with Gasteiger partial charge in [-0.25, -0.2) is 4.98 Å². The van der Waals surface area contributed by atoms with Gasteiger partial charge in [-0.15, -0.1) is 0 Å². The van der Waals surface area contributed by atoms with E-state index in [0.717, 1.165) is 26.6 Å². The van der Waals surface area contributed by atoms with Crippen LogP contribution in [0.3, 0.4) is 0 Å². The predicted octanol–water partition coefficient (Wildman–Crippen LogP) is 5.83. The quantitative estimate of drug-likeness (QED) is 0.439. The number of aromatic nitrogens is 2. The second-order valence-electron chi connectivity index (χ2n) is 6.79. The van der Waals surface area contributed by atoms with Crippen LogP contribution < -0.4 is 5.32 Å². The maximum absolute atomic E-state index is 13.0. The van der Waals surface area contributed by atoms with Crippen molar-refractivity contribution in [1.82, 2.24) is 10.1 Å². The van der Waals surface area contributed by atoms with E-state index >= 15 is 0 Å². The number of aryl methyl sites for hydroxylation is 3. The zero-order chi connectivity index (χ0) is 19.8. The number of hydrogen-bond acceptors (Lipinski definition) is 4. The van der Waals surface area contributed by atoms with Crippen molar-refractivity contribution in [1.29, 1.82) is 0 Å². The average molecular weight is 436 g/mol. The minimum atomic E-state index is -0.260. The van der Waals surface area contributed by atoms with E-state index in [4.69, 9.17) is 9.51 Å². The predicted molar refractivity (Wildman–Crippen MR) is 114 cm³/mol. The maximum atomic E-state index is 13.0. The van der Waals surface area contributed by atoms with Crippen molar-refractivity contribution in [2.45, 2.75) is 20.8 Å². The second-order valence-corrected chi connectivity index (χ2v) is 7.71. The Hall–Kier alpha value is -2.99. The van der Waals surface area contributed by atoms with Gasteiger partial charge in [0.15, 0.2) is 5.82 Å². The molecule has 0 saturated heterocycles. The molecule has 2 heterocycles. The molecule has 0 fully saturated rings. The van der Waals surface area contributed by atoms with Gasteiger partial charge in [0.05, 0.1) is 16.8 Å². The van der Waals surface area contributed by atoms with E-state index in [2.05, 4.69) is 52.4 Å². The molecule has 28 heavy (non-hydrogen) atoms. The van der Waals surface area contributed by atoms with Crippen molar-refractivity contribution in [3.05, 3.63) is 75.5 Å². The van der Waals surface area contributed by atoms with Crippen LogP contribution in [0.5, 0.6) is 0 Å². The van der Waals surface area contributed by atoms with Crippen LogP contribution in [0, 0.1) is 20.8 Å². The maximum Gasteiger partial charge on any atom is 0.257 e. The Bertz CT molecular complexity index is 1210. The zero-order valence-corrected chi connectivity index (χ0v) is 17.3. The van der Waals surface area contributed by atoms with Gasteiger partial charge in [-0.3, -0.25) is 4.79 Å². The Morgan fingerprint density at radius 1 is 1.00 bits per heavy atom. The number of fused-ring (bicyclic) bond motifs is 1. The highest BCUT2D eigenvalue weighted by Crippen LogP contribution is 2.28. The summed E-state index contributed by atoms with van der Waals surface area (Å²) in [4.78, 5) is 17.8. The van der Waals surface area contributed by atoms with Crippen molar-refractivity contribution in [3.8, 4) is 11.3 Å². The van der Waals surface area contributed by atoms with Gasteiger partial charge in [0, 0.05) is 21.5 Å². The van der Waals surface area contributed by atoms with Gasteiger partial charge < -0.3 is 9.84 Å². The molecule has 4 aromatic rings. The highest BCUT2D eigenvalue weighted by molar-refractivity contribution is 9.10. The molecule has 0 radical (unpaired) electrons. The summed E-state index contributed by atoms with van der Waals surface area (Å²) in [6, 6.07) is 15.4. The van der Waals surface area contributed by atoms with Crippen molar-refractivity contribution in [2.24, 2.45) is 0 Å². The minimum absolute atomic E-state index is 0.260. The van der Waals surface area contributed by atoms with Crippen LogP contribution in [0.4, 0.5) is 5.82 Å². The minimum Gasteiger partial charge on any atom is -0.360 e. The Kier molecular flexibility index (Phi) is 4.73. The van der Waals surface area contributed by atoms with E-state index < -0.39 is 0 Å². The van der Waals surface area contributed by atoms with Gasteiger partial charge in [0.1, 0.15) is 5.76 Å². The first-order valence-corrected chi connectivity index (χ1v) is 9.62. The molecule has 6 heteroatoms. The topological polar surface area (TPSA) is 68.0 Å². The number of benzene rings is 2. The fourth-order valence-electron chi connectivity index (χ4n) is 3.04. The molecule has 0 spiro atoms. The van der Waals surface area contributed by atoms with E-state index in [1.54, 1.807) is 13.0 Å². The molecule has 0 unspecified atom stereocenters. The first-order chi connectivity index (χ1) is 13.4. The number of carbonyl (C=O) groups is 1. The summed E-state index contributed by atoms with van der Waals surface area (Å²) in [5.41, 5.74) is 5.39. The van der Waals surface area contributed by atoms with Gasteiger partial charge in [-0.1, -0.05) is 33.2 Å². The molecule has 1 amide bonds. The molecule has 4 rings (SSSR count). The van der Waals surface area contributed by atoms with Crippen molar-refractivity contribution in [2.75, 3.05) is 5.32 Å². The molecule has 140 valence electrons. The number of nitrogens with one attached hydrogen (secondary N) is 1. The molecule has 0 bridgehead atoms. The molecular weight excluding hydrogens is 418 g/mol. The van der Waals surface area contributed by atoms with E-state index in [1.807, 2.05) is 30.3 Å². The van der Waals surface area contributed by atoms with Gasteiger partial charge in [0.2, 0.25) is 0 Å². The Balaban J connectivity index is 1.85. The van der Waals surface area contributed by atoms with Crippen LogP contribution in [0.2, 0.25) is 0 Å². The Morgan fingerprint density at radius 2 is 1.82 bits per heavy atom. The molecule has 1 N–H and O–H groups in total. The molecule has 0 aliphatic rings. The van der Waals surface area contributed by atoms with Crippen molar-refractivity contribution < 1.29 is 9.32 Å². The van der Waals surface area contributed by atoms with Crippen molar-refractivity contribution in [3.63, 3.8) is 0 Å². The number of carbonyl (C=O) groups excluding carboxylic acids is 1. The molecule has 2 aromatic heterocycles. The smallest absolute Gasteiger partial charge is 0.257 e. The number of nitrogens with zero attached hydrogens (tertiary/aromatic N) is 2. The molecule has 0 aliphatic heterocycles. The molecule has 5 nitrogen and oxygen atoms in total. The van der Waals surface area contributed by atoms with Crippen LogP contribution in [0.15, 0.2) is 57.5 Å². The fourth-order valence-corrected chi connectivity index (χ4v) is 3.40. The molecule has 2 aromatic carbocycles. The third-order valence-electron chi connectivity index (χ3n) is 4.69. The second kappa shape index (κ2) is 7.20. The van der Waals surface area contributed by atoms with E-state index in [9.17, 15) is 4.79 Å². The zero-order valence-electron chi connectivity index (χ0n) is 15.7. The highest BCUT2D eigenvalue weighted by atomic mass is 79.9. The van der Waals surface area contributed by atoms with Crippen LogP contribution in [0.1, 0.15) is 27.2 Å². The largest absolute Gasteiger partial charge is 0.360 e. The normalized spacial score (nSPS) is 11.0. The summed E-state index contributed by atoms with van der Waals surface area (Å²) in [5, 5.41) is 7.42. The summed E-state index contributed by atoms with van der Waals surface area (Å²) in [7, 11) is 0. The summed E-state index contributed by atoms with van der Waals surface area (Å²) in [6.45, 7) is 5.92. The lowest BCUT2D eigenvalue weighted by atomic mass is 10.0. The molecule has 0 saturated carbocycles. The molecular formula is C22H18BrN3O2. The van der Waals surface area contributed by atoms with Crippen LogP contribution in [0.25, 0.3) is 22.2 Å². The van der Waals surface area contributed by atoms with E-state index in [-0.39, 0.29) is 5.91 Å². The lowest BCUT2D eigenvalue weighted by molar-refractivity contribution is 0.102. The SMILES string of the molecule is Cc1cc(NC(=O)c2cc(-c3ccc(C)c(C)c3)nc3ccc(Br)cc23)no1. The third-order valence-corrected chi connectivity index (χ3v) is 5.18. The van der Waals surface area contributed by atoms with Crippen LogP contribution in [-0.2, 0) is 0 Å². The van der Waals surface area contributed by atoms with E-state index in [0.29, 0.717) is 17.1 Å². The fraction of sp³-hybridized carbons (Fsp3) is 0.136. The molecule has 0 atom stereocenters. The Labute approximate surface area is 170 Å². The number of halogens is 1. The summed E-state index contributed by atoms with van der Waals surface area (Å²) < 4.78 is 5.92. The summed E-state index contributed by atoms with van der Waals surface area (Å²) in [6.07, 6.45) is 0. The van der Waals surface area contributed by atoms with Crippen LogP contribution in [-0.4, -0.2) is 16.0 Å². The highest BCUT2D eigenvalue weighted by Gasteiger charge is 2.16. The first-order valence-electron chi connectivity index (χ1n) is 8.83. The van der Waals surface area contributed by atoms with Crippen LogP contribution >= 0.6 is 15.9 Å². The molecule has 0 aliphatic carbocycles. The van der Waals surface area contributed by atoms with Gasteiger partial charge in [-0.2, -0.15) is 0 Å². The number of amides is 1. The van der Waals surface area contributed by atoms with Gasteiger partial charge >= 0.3 is 0 Å². The monoisotopic (exact) mass is 435 g/mol. The number of pyridine rings is 1. The number of hydrogen-bond donors (Lipinski definition) is 1. The van der Waals surface area contributed by atoms with Gasteiger partial charge in [0.25, 0.3) is 5.91 Å². The first kappa shape index (κ1) is 18.4. The van der Waals surface area contributed by atoms with Crippen molar-refractivity contribution >= 4 is 38.6 Å². The lowest BCUT2D eigenvalue weighted by Crippen LogP contribution is -2.13. The third kappa shape index (κ3) is 3.55.